The molecule has 1 aromatic carbocycles. The third kappa shape index (κ3) is 2.57. The number of nitro groups is 1. The maximum absolute atomic E-state index is 12.5. The van der Waals surface area contributed by atoms with Gasteiger partial charge in [-0.25, -0.2) is 0 Å². The molecule has 6 heteroatoms. The number of rotatable bonds is 4. The summed E-state index contributed by atoms with van der Waals surface area (Å²) in [5.74, 6) is 0.273. The first-order valence-corrected chi connectivity index (χ1v) is 7.19. The summed E-state index contributed by atoms with van der Waals surface area (Å²) in [5.41, 5.74) is 1.04. The molecule has 0 radical (unpaired) electrons. The minimum Gasteiger partial charge on any atom is -0.497 e. The van der Waals surface area contributed by atoms with Gasteiger partial charge in [0.1, 0.15) is 11.7 Å². The number of methoxy groups -OCH3 is 1. The highest BCUT2D eigenvalue weighted by Gasteiger charge is 2.55. The van der Waals surface area contributed by atoms with Gasteiger partial charge in [0, 0.05) is 17.9 Å². The van der Waals surface area contributed by atoms with E-state index in [1.165, 1.54) is 0 Å². The van der Waals surface area contributed by atoms with Crippen LogP contribution >= 0.6 is 0 Å². The maximum atomic E-state index is 12.5. The van der Waals surface area contributed by atoms with Gasteiger partial charge in [0.2, 0.25) is 11.9 Å². The summed E-state index contributed by atoms with van der Waals surface area (Å²) in [7, 11) is 1.61. The van der Waals surface area contributed by atoms with E-state index in [1.807, 2.05) is 29.2 Å². The van der Waals surface area contributed by atoms with E-state index >= 15 is 0 Å². The Morgan fingerprint density at radius 3 is 2.95 bits per heavy atom. The van der Waals surface area contributed by atoms with Crippen molar-refractivity contribution < 1.29 is 14.5 Å². The van der Waals surface area contributed by atoms with Crippen molar-refractivity contribution in [3.05, 3.63) is 39.9 Å². The van der Waals surface area contributed by atoms with Crippen molar-refractivity contribution in [3.63, 3.8) is 0 Å². The summed E-state index contributed by atoms with van der Waals surface area (Å²) in [6, 6.07) is 7.04. The smallest absolute Gasteiger partial charge is 0.233 e. The summed E-state index contributed by atoms with van der Waals surface area (Å²) in [6.07, 6.45) is 2.21. The van der Waals surface area contributed by atoms with Crippen LogP contribution in [0.4, 0.5) is 0 Å². The highest BCUT2D eigenvalue weighted by molar-refractivity contribution is 5.82. The first-order valence-electron chi connectivity index (χ1n) is 7.19. The predicted octanol–water partition coefficient (Wildman–Crippen LogP) is 2.02. The van der Waals surface area contributed by atoms with Crippen molar-refractivity contribution in [2.45, 2.75) is 31.3 Å². The third-order valence-corrected chi connectivity index (χ3v) is 4.36. The number of carbonyl (C=O) groups is 1. The quantitative estimate of drug-likeness (QED) is 0.628. The SMILES string of the molecule is COc1cccc([C@@H]2CCCN2C(=O)[C@@H]2C[C@H]2[N+](=O)[O-])c1. The van der Waals surface area contributed by atoms with Gasteiger partial charge in [-0.3, -0.25) is 14.9 Å². The van der Waals surface area contributed by atoms with Crippen molar-refractivity contribution in [1.82, 2.24) is 4.90 Å². The number of nitrogens with zero attached hydrogens (tertiary/aromatic N) is 2. The highest BCUT2D eigenvalue weighted by atomic mass is 16.6. The number of likely N-dealkylation sites (tertiary alicyclic amines) is 1. The van der Waals surface area contributed by atoms with Gasteiger partial charge < -0.3 is 9.64 Å². The fourth-order valence-corrected chi connectivity index (χ4v) is 3.12. The Morgan fingerprint density at radius 1 is 1.48 bits per heavy atom. The topological polar surface area (TPSA) is 72.7 Å². The molecule has 21 heavy (non-hydrogen) atoms. The fourth-order valence-electron chi connectivity index (χ4n) is 3.12. The van der Waals surface area contributed by atoms with E-state index in [0.717, 1.165) is 24.2 Å². The first-order chi connectivity index (χ1) is 10.1. The zero-order valence-electron chi connectivity index (χ0n) is 11.9. The minimum absolute atomic E-state index is 0.0144. The van der Waals surface area contributed by atoms with E-state index in [4.69, 9.17) is 4.74 Å². The van der Waals surface area contributed by atoms with Crippen LogP contribution in [0.15, 0.2) is 24.3 Å². The van der Waals surface area contributed by atoms with Gasteiger partial charge in [-0.1, -0.05) is 12.1 Å². The monoisotopic (exact) mass is 290 g/mol. The molecular weight excluding hydrogens is 272 g/mol. The van der Waals surface area contributed by atoms with E-state index in [0.29, 0.717) is 13.0 Å². The number of ether oxygens (including phenoxy) is 1. The van der Waals surface area contributed by atoms with Crippen LogP contribution in [-0.4, -0.2) is 35.4 Å². The Balaban J connectivity index is 1.76. The van der Waals surface area contributed by atoms with Gasteiger partial charge >= 0.3 is 0 Å². The molecule has 0 bridgehead atoms. The normalized spacial score (nSPS) is 27.5. The second kappa shape index (κ2) is 5.35. The molecule has 6 nitrogen and oxygen atoms in total. The zero-order chi connectivity index (χ0) is 15.0. The molecule has 0 N–H and O–H groups in total. The minimum atomic E-state index is -0.677. The highest BCUT2D eigenvalue weighted by Crippen LogP contribution is 2.40. The fraction of sp³-hybridized carbons (Fsp3) is 0.533. The Labute approximate surface area is 122 Å². The van der Waals surface area contributed by atoms with Crippen molar-refractivity contribution >= 4 is 5.91 Å². The standard InChI is InChI=1S/C15H18N2O4/c1-21-11-5-2-4-10(8-11)13-6-3-7-16(13)15(18)12-9-14(12)17(19)20/h2,4-5,8,12-14H,3,6-7,9H2,1H3/t12-,13+,14-/m1/s1. The van der Waals surface area contributed by atoms with Crippen LogP contribution in [0, 0.1) is 16.0 Å². The van der Waals surface area contributed by atoms with Gasteiger partial charge in [0.15, 0.2) is 0 Å². The molecule has 2 fully saturated rings. The van der Waals surface area contributed by atoms with Gasteiger partial charge in [-0.05, 0) is 30.5 Å². The molecule has 2 aliphatic rings. The molecule has 1 aliphatic heterocycles. The molecule has 3 atom stereocenters. The van der Waals surface area contributed by atoms with Crippen LogP contribution in [0.2, 0.25) is 0 Å². The van der Waals surface area contributed by atoms with Crippen LogP contribution < -0.4 is 4.74 Å². The number of hydrogen-bond acceptors (Lipinski definition) is 4. The summed E-state index contributed by atoms with van der Waals surface area (Å²) in [4.78, 5) is 24.7. The van der Waals surface area contributed by atoms with Crippen LogP contribution in [0.25, 0.3) is 0 Å². The summed E-state index contributed by atoms with van der Waals surface area (Å²) >= 11 is 0. The second-order valence-electron chi connectivity index (χ2n) is 5.66. The molecule has 3 rings (SSSR count). The molecule has 112 valence electrons. The lowest BCUT2D eigenvalue weighted by molar-refractivity contribution is -0.497. The number of amides is 1. The van der Waals surface area contributed by atoms with Crippen molar-refractivity contribution in [3.8, 4) is 5.75 Å². The first kappa shape index (κ1) is 13.9. The Bertz CT molecular complexity index is 575. The van der Waals surface area contributed by atoms with Gasteiger partial charge in [-0.15, -0.1) is 0 Å². The molecule has 1 saturated heterocycles. The van der Waals surface area contributed by atoms with Crippen LogP contribution in [0.3, 0.4) is 0 Å². The molecule has 0 unspecified atom stereocenters. The predicted molar refractivity (Wildman–Crippen MR) is 75.6 cm³/mol. The lowest BCUT2D eigenvalue weighted by Crippen LogP contribution is -2.33. The lowest BCUT2D eigenvalue weighted by Gasteiger charge is -2.25. The summed E-state index contributed by atoms with van der Waals surface area (Å²) < 4.78 is 5.23. The Morgan fingerprint density at radius 2 is 2.29 bits per heavy atom. The number of benzene rings is 1. The van der Waals surface area contributed by atoms with Crippen LogP contribution in [-0.2, 0) is 4.79 Å². The zero-order valence-corrected chi connectivity index (χ0v) is 11.9. The molecule has 1 aliphatic carbocycles. The van der Waals surface area contributed by atoms with Crippen LogP contribution in [0.1, 0.15) is 30.9 Å². The molecule has 1 heterocycles. The molecule has 1 aromatic rings. The second-order valence-corrected chi connectivity index (χ2v) is 5.66. The number of carbonyl (C=O) groups excluding carboxylic acids is 1. The van der Waals surface area contributed by atoms with Crippen LogP contribution in [0.5, 0.6) is 5.75 Å². The lowest BCUT2D eigenvalue weighted by atomic mass is 10.0. The summed E-state index contributed by atoms with van der Waals surface area (Å²) in [5, 5.41) is 10.7. The van der Waals surface area contributed by atoms with E-state index in [9.17, 15) is 14.9 Å². The molecule has 0 aromatic heterocycles. The Kier molecular flexibility index (Phi) is 3.53. The largest absolute Gasteiger partial charge is 0.497 e. The van der Waals surface area contributed by atoms with Gasteiger partial charge in [0.05, 0.1) is 13.2 Å². The van der Waals surface area contributed by atoms with Gasteiger partial charge in [-0.2, -0.15) is 0 Å². The van der Waals surface area contributed by atoms with Crippen molar-refractivity contribution in [1.29, 1.82) is 0 Å². The van der Waals surface area contributed by atoms with E-state index in [-0.39, 0.29) is 16.9 Å². The van der Waals surface area contributed by atoms with Crippen molar-refractivity contribution in [2.24, 2.45) is 5.92 Å². The Hall–Kier alpha value is -2.11. The molecule has 1 saturated carbocycles. The number of hydrogen-bond donors (Lipinski definition) is 0. The van der Waals surface area contributed by atoms with Gasteiger partial charge in [0.25, 0.3) is 0 Å². The summed E-state index contributed by atoms with van der Waals surface area (Å²) in [6.45, 7) is 0.682. The average molecular weight is 290 g/mol. The van der Waals surface area contributed by atoms with E-state index in [2.05, 4.69) is 0 Å². The van der Waals surface area contributed by atoms with Crippen molar-refractivity contribution in [2.75, 3.05) is 13.7 Å². The van der Waals surface area contributed by atoms with E-state index in [1.54, 1.807) is 7.11 Å². The molecule has 1 amide bonds. The molecular formula is C15H18N2O4. The van der Waals surface area contributed by atoms with E-state index < -0.39 is 12.0 Å². The molecule has 0 spiro atoms. The maximum Gasteiger partial charge on any atom is 0.233 e. The third-order valence-electron chi connectivity index (χ3n) is 4.36. The average Bonchev–Trinajstić information content (AvgIpc) is 3.16.